The number of carbonyl (C=O) groups excluding carboxylic acids is 1. The summed E-state index contributed by atoms with van der Waals surface area (Å²) in [6.45, 7) is 1.03. The van der Waals surface area contributed by atoms with E-state index in [1.54, 1.807) is 0 Å². The zero-order valence-corrected chi connectivity index (χ0v) is 7.13. The Morgan fingerprint density at radius 3 is 3.08 bits per heavy atom. The number of para-hydroxylation sites is 1. The van der Waals surface area contributed by atoms with Crippen LogP contribution in [0.2, 0.25) is 0 Å². The van der Waals surface area contributed by atoms with Crippen LogP contribution in [-0.2, 0) is 13.1 Å². The van der Waals surface area contributed by atoms with Crippen molar-refractivity contribution in [2.45, 2.75) is 13.1 Å². The molecule has 1 heterocycles. The van der Waals surface area contributed by atoms with Crippen molar-refractivity contribution in [3.63, 3.8) is 0 Å². The fourth-order valence-corrected chi connectivity index (χ4v) is 1.46. The Morgan fingerprint density at radius 1 is 1.46 bits per heavy atom. The Morgan fingerprint density at radius 2 is 2.31 bits per heavy atom. The minimum atomic E-state index is -0.159. The van der Waals surface area contributed by atoms with E-state index in [1.807, 2.05) is 18.2 Å². The highest BCUT2D eigenvalue weighted by atomic mass is 16.2. The van der Waals surface area contributed by atoms with E-state index >= 15 is 0 Å². The Hall–Kier alpha value is -1.55. The molecular weight excluding hydrogens is 166 g/mol. The first-order valence-electron chi connectivity index (χ1n) is 4.17. The van der Waals surface area contributed by atoms with Crippen LogP contribution in [0.15, 0.2) is 18.2 Å². The van der Waals surface area contributed by atoms with E-state index < -0.39 is 0 Å². The predicted molar refractivity (Wildman–Crippen MR) is 50.2 cm³/mol. The van der Waals surface area contributed by atoms with Crippen molar-refractivity contribution in [3.05, 3.63) is 29.3 Å². The van der Waals surface area contributed by atoms with Gasteiger partial charge in [-0.1, -0.05) is 18.2 Å². The second-order valence-electron chi connectivity index (χ2n) is 2.96. The van der Waals surface area contributed by atoms with E-state index in [4.69, 9.17) is 5.73 Å². The van der Waals surface area contributed by atoms with E-state index in [0.717, 1.165) is 16.8 Å². The molecule has 0 radical (unpaired) electrons. The summed E-state index contributed by atoms with van der Waals surface area (Å²) in [5.41, 5.74) is 8.48. The predicted octanol–water partition coefficient (Wildman–Crippen LogP) is 0.780. The lowest BCUT2D eigenvalue weighted by Gasteiger charge is -2.20. The summed E-state index contributed by atoms with van der Waals surface area (Å²) in [5.74, 6) is 0. The number of benzene rings is 1. The Labute approximate surface area is 76.1 Å². The summed E-state index contributed by atoms with van der Waals surface area (Å²) in [6, 6.07) is 5.68. The van der Waals surface area contributed by atoms with Crippen LogP contribution in [0, 0.1) is 0 Å². The number of nitrogens with one attached hydrogen (secondary N) is 2. The van der Waals surface area contributed by atoms with Gasteiger partial charge in [0, 0.05) is 13.1 Å². The molecule has 1 aliphatic heterocycles. The maximum Gasteiger partial charge on any atom is 0.319 e. The Kier molecular flexibility index (Phi) is 1.90. The molecule has 2 rings (SSSR count). The first kappa shape index (κ1) is 8.07. The van der Waals surface area contributed by atoms with E-state index in [0.29, 0.717) is 13.1 Å². The Bertz CT molecular complexity index is 334. The molecule has 0 aromatic heterocycles. The molecule has 1 aliphatic rings. The number of rotatable bonds is 1. The summed E-state index contributed by atoms with van der Waals surface area (Å²) < 4.78 is 0. The van der Waals surface area contributed by atoms with E-state index in [2.05, 4.69) is 10.6 Å². The average Bonchev–Trinajstić information content (AvgIpc) is 2.17. The molecule has 0 bridgehead atoms. The third kappa shape index (κ3) is 1.36. The fourth-order valence-electron chi connectivity index (χ4n) is 1.46. The highest BCUT2D eigenvalue weighted by Crippen LogP contribution is 2.23. The molecule has 2 amide bonds. The first-order valence-corrected chi connectivity index (χ1v) is 4.17. The van der Waals surface area contributed by atoms with Gasteiger partial charge in [-0.05, 0) is 11.1 Å². The number of hydrogen-bond donors (Lipinski definition) is 3. The molecule has 13 heavy (non-hydrogen) atoms. The van der Waals surface area contributed by atoms with Crippen molar-refractivity contribution in [3.8, 4) is 0 Å². The van der Waals surface area contributed by atoms with Crippen molar-refractivity contribution in [1.82, 2.24) is 5.32 Å². The maximum atomic E-state index is 11.0. The molecule has 68 valence electrons. The molecule has 4 heteroatoms. The van der Waals surface area contributed by atoms with Crippen molar-refractivity contribution in [2.24, 2.45) is 5.73 Å². The topological polar surface area (TPSA) is 67.1 Å². The SMILES string of the molecule is NCc1cccc2c1NC(=O)NC2. The molecule has 0 spiro atoms. The lowest BCUT2D eigenvalue weighted by molar-refractivity contribution is 0.251. The van der Waals surface area contributed by atoms with Crippen molar-refractivity contribution in [2.75, 3.05) is 5.32 Å². The largest absolute Gasteiger partial charge is 0.334 e. The molecule has 0 saturated heterocycles. The lowest BCUT2D eigenvalue weighted by atomic mass is 10.1. The number of urea groups is 1. The van der Waals surface area contributed by atoms with Gasteiger partial charge < -0.3 is 16.4 Å². The van der Waals surface area contributed by atoms with Crippen LogP contribution in [0.5, 0.6) is 0 Å². The molecule has 4 N–H and O–H groups in total. The number of amides is 2. The van der Waals surface area contributed by atoms with Crippen LogP contribution in [0.1, 0.15) is 11.1 Å². The number of hydrogen-bond acceptors (Lipinski definition) is 2. The van der Waals surface area contributed by atoms with E-state index in [9.17, 15) is 4.79 Å². The minimum absolute atomic E-state index is 0.159. The van der Waals surface area contributed by atoms with Crippen LogP contribution < -0.4 is 16.4 Å². The maximum absolute atomic E-state index is 11.0. The van der Waals surface area contributed by atoms with Crippen LogP contribution in [0.3, 0.4) is 0 Å². The molecular formula is C9H11N3O. The molecule has 1 aromatic carbocycles. The highest BCUT2D eigenvalue weighted by Gasteiger charge is 2.15. The fraction of sp³-hybridized carbons (Fsp3) is 0.222. The molecule has 0 fully saturated rings. The second-order valence-corrected chi connectivity index (χ2v) is 2.96. The molecule has 0 unspecified atom stereocenters. The molecule has 4 nitrogen and oxygen atoms in total. The standard InChI is InChI=1S/C9H11N3O/c10-4-6-2-1-3-7-5-11-9(13)12-8(6)7/h1-3H,4-5,10H2,(H2,11,12,13). The number of anilines is 1. The van der Waals surface area contributed by atoms with Gasteiger partial charge in [0.1, 0.15) is 0 Å². The van der Waals surface area contributed by atoms with Crippen LogP contribution >= 0.6 is 0 Å². The number of carbonyl (C=O) groups is 1. The quantitative estimate of drug-likeness (QED) is 0.593. The van der Waals surface area contributed by atoms with Crippen LogP contribution in [0.4, 0.5) is 10.5 Å². The van der Waals surface area contributed by atoms with Crippen LogP contribution in [0.25, 0.3) is 0 Å². The monoisotopic (exact) mass is 177 g/mol. The van der Waals surface area contributed by atoms with Gasteiger partial charge in [-0.25, -0.2) is 4.79 Å². The summed E-state index contributed by atoms with van der Waals surface area (Å²) in [5, 5.41) is 5.45. The minimum Gasteiger partial charge on any atom is -0.334 e. The van der Waals surface area contributed by atoms with Crippen molar-refractivity contribution < 1.29 is 4.79 Å². The molecule has 0 atom stereocenters. The molecule has 1 aromatic rings. The van der Waals surface area contributed by atoms with Gasteiger partial charge in [0.25, 0.3) is 0 Å². The van der Waals surface area contributed by atoms with E-state index in [-0.39, 0.29) is 6.03 Å². The van der Waals surface area contributed by atoms with Gasteiger partial charge in [-0.2, -0.15) is 0 Å². The van der Waals surface area contributed by atoms with Gasteiger partial charge in [0.05, 0.1) is 5.69 Å². The second kappa shape index (κ2) is 3.06. The van der Waals surface area contributed by atoms with E-state index in [1.165, 1.54) is 0 Å². The summed E-state index contributed by atoms with van der Waals surface area (Å²) in [4.78, 5) is 11.0. The lowest BCUT2D eigenvalue weighted by Crippen LogP contribution is -2.34. The third-order valence-corrected chi connectivity index (χ3v) is 2.13. The van der Waals surface area contributed by atoms with Crippen molar-refractivity contribution in [1.29, 1.82) is 0 Å². The number of nitrogens with two attached hydrogens (primary N) is 1. The van der Waals surface area contributed by atoms with Crippen molar-refractivity contribution >= 4 is 11.7 Å². The van der Waals surface area contributed by atoms with Gasteiger partial charge in [0.15, 0.2) is 0 Å². The highest BCUT2D eigenvalue weighted by molar-refractivity contribution is 5.93. The van der Waals surface area contributed by atoms with Gasteiger partial charge in [-0.15, -0.1) is 0 Å². The zero-order valence-electron chi connectivity index (χ0n) is 7.13. The van der Waals surface area contributed by atoms with Gasteiger partial charge in [-0.3, -0.25) is 0 Å². The normalized spacial score (nSPS) is 14.4. The average molecular weight is 177 g/mol. The summed E-state index contributed by atoms with van der Waals surface area (Å²) >= 11 is 0. The van der Waals surface area contributed by atoms with Crippen LogP contribution in [-0.4, -0.2) is 6.03 Å². The number of fused-ring (bicyclic) bond motifs is 1. The summed E-state index contributed by atoms with van der Waals surface area (Å²) in [7, 11) is 0. The zero-order chi connectivity index (χ0) is 9.26. The third-order valence-electron chi connectivity index (χ3n) is 2.13. The molecule has 0 aliphatic carbocycles. The van der Waals surface area contributed by atoms with Gasteiger partial charge >= 0.3 is 6.03 Å². The smallest absolute Gasteiger partial charge is 0.319 e. The van der Waals surface area contributed by atoms with Gasteiger partial charge in [0.2, 0.25) is 0 Å². The summed E-state index contributed by atoms with van der Waals surface area (Å²) in [6.07, 6.45) is 0. The first-order chi connectivity index (χ1) is 6.31. The Balaban J connectivity index is 2.46. The molecule has 0 saturated carbocycles.